The van der Waals surface area contributed by atoms with Crippen LogP contribution in [0.4, 0.5) is 17.1 Å². The smallest absolute Gasteiger partial charge is 0.269 e. The van der Waals surface area contributed by atoms with Crippen LogP contribution in [0.5, 0.6) is 5.75 Å². The standard InChI is InChI=1S/C33H32BrN5O5/c1-22(6-4-5-16-37-20-25(15-17-40)35-36-37)33(43)27-18-24(34)11-14-28(27)38(32(33)42)19-23-9-12-26(13-10-23)39-29-7-2-3-8-30(29)44-21-31(39)41/h2-4,6-14,18,20,22,40,43H,5,15-17,19,21H2,1H3/b6-4+/t22-,33+/m0/s1. The molecule has 0 aliphatic carbocycles. The summed E-state index contributed by atoms with van der Waals surface area (Å²) in [6, 6.07) is 20.4. The molecule has 0 radical (unpaired) electrons. The zero-order valence-corrected chi connectivity index (χ0v) is 25.7. The van der Waals surface area contributed by atoms with Gasteiger partial charge in [0.2, 0.25) is 0 Å². The maximum atomic E-state index is 14.0. The number of hydrogen-bond donors (Lipinski definition) is 2. The second-order valence-corrected chi connectivity index (χ2v) is 11.8. The van der Waals surface area contributed by atoms with Gasteiger partial charge in [0.1, 0.15) is 5.75 Å². The largest absolute Gasteiger partial charge is 0.482 e. The van der Waals surface area contributed by atoms with Crippen LogP contribution in [0.1, 0.15) is 30.2 Å². The third-order valence-electron chi connectivity index (χ3n) is 8.04. The van der Waals surface area contributed by atoms with Crippen molar-refractivity contribution in [2.24, 2.45) is 5.92 Å². The molecule has 4 aromatic rings. The number of para-hydroxylation sites is 2. The van der Waals surface area contributed by atoms with Crippen molar-refractivity contribution in [2.45, 2.75) is 38.5 Å². The molecule has 3 heterocycles. The first-order chi connectivity index (χ1) is 21.3. The monoisotopic (exact) mass is 657 g/mol. The number of halogens is 1. The number of allylic oxidation sites excluding steroid dienone is 1. The van der Waals surface area contributed by atoms with Gasteiger partial charge in [0.25, 0.3) is 11.8 Å². The molecule has 2 amide bonds. The first-order valence-electron chi connectivity index (χ1n) is 14.4. The topological polar surface area (TPSA) is 121 Å². The van der Waals surface area contributed by atoms with Crippen molar-refractivity contribution in [3.8, 4) is 5.75 Å². The van der Waals surface area contributed by atoms with E-state index in [4.69, 9.17) is 9.84 Å². The SMILES string of the molecule is C[C@@H](/C=C/CCn1cc(CCO)nn1)[C@]1(O)C(=O)N(Cc2ccc(N3C(=O)COc4ccccc43)cc2)c2ccc(Br)cc21. The number of aryl methyl sites for hydroxylation is 1. The van der Waals surface area contributed by atoms with E-state index in [0.29, 0.717) is 47.8 Å². The lowest BCUT2D eigenvalue weighted by Crippen LogP contribution is -2.44. The van der Waals surface area contributed by atoms with Gasteiger partial charge in [-0.15, -0.1) is 5.10 Å². The van der Waals surface area contributed by atoms with E-state index in [0.717, 1.165) is 15.7 Å². The molecule has 2 aliphatic heterocycles. The number of nitrogens with zero attached hydrogens (tertiary/aromatic N) is 5. The molecule has 44 heavy (non-hydrogen) atoms. The van der Waals surface area contributed by atoms with Crippen molar-refractivity contribution in [2.75, 3.05) is 23.0 Å². The van der Waals surface area contributed by atoms with Gasteiger partial charge in [-0.25, -0.2) is 0 Å². The molecule has 1 aromatic heterocycles. The number of hydrogen-bond acceptors (Lipinski definition) is 7. The first kappa shape index (κ1) is 29.7. The maximum Gasteiger partial charge on any atom is 0.269 e. The number of aliphatic hydroxyl groups is 2. The van der Waals surface area contributed by atoms with E-state index in [-0.39, 0.29) is 25.7 Å². The van der Waals surface area contributed by atoms with Crippen LogP contribution in [-0.2, 0) is 34.7 Å². The molecule has 0 fully saturated rings. The van der Waals surface area contributed by atoms with Gasteiger partial charge in [0.15, 0.2) is 12.2 Å². The summed E-state index contributed by atoms with van der Waals surface area (Å²) in [6.45, 7) is 2.66. The maximum absolute atomic E-state index is 14.0. The number of carbonyl (C=O) groups is 2. The molecule has 3 aromatic carbocycles. The van der Waals surface area contributed by atoms with Crippen molar-refractivity contribution in [3.63, 3.8) is 0 Å². The number of fused-ring (bicyclic) bond motifs is 2. The predicted molar refractivity (Wildman–Crippen MR) is 168 cm³/mol. The summed E-state index contributed by atoms with van der Waals surface area (Å²) in [4.78, 5) is 30.0. The summed E-state index contributed by atoms with van der Waals surface area (Å²) in [5.41, 5.74) is 2.43. The van der Waals surface area contributed by atoms with E-state index in [1.165, 1.54) is 0 Å². The Morgan fingerprint density at radius 1 is 1.09 bits per heavy atom. The van der Waals surface area contributed by atoms with Crippen LogP contribution in [0, 0.1) is 5.92 Å². The van der Waals surface area contributed by atoms with Crippen LogP contribution in [-0.4, -0.2) is 50.2 Å². The molecule has 11 heteroatoms. The molecule has 226 valence electrons. The van der Waals surface area contributed by atoms with E-state index in [2.05, 4.69) is 26.2 Å². The van der Waals surface area contributed by atoms with Crippen LogP contribution < -0.4 is 14.5 Å². The third-order valence-corrected chi connectivity index (χ3v) is 8.53. The summed E-state index contributed by atoms with van der Waals surface area (Å²) in [5.74, 6) is -0.419. The summed E-state index contributed by atoms with van der Waals surface area (Å²) >= 11 is 3.51. The summed E-state index contributed by atoms with van der Waals surface area (Å²) in [6.07, 6.45) is 6.70. The highest BCUT2D eigenvalue weighted by atomic mass is 79.9. The van der Waals surface area contributed by atoms with Crippen molar-refractivity contribution in [3.05, 3.63) is 106 Å². The number of carbonyl (C=O) groups excluding carboxylic acids is 2. The quantitative estimate of drug-likeness (QED) is 0.238. The molecular weight excluding hydrogens is 626 g/mol. The normalized spacial score (nSPS) is 18.5. The minimum absolute atomic E-state index is 0.0209. The van der Waals surface area contributed by atoms with E-state index >= 15 is 0 Å². The average Bonchev–Trinajstić information content (AvgIpc) is 3.56. The van der Waals surface area contributed by atoms with Gasteiger partial charge < -0.3 is 19.8 Å². The Hall–Kier alpha value is -4.32. The molecule has 6 rings (SSSR count). The number of anilines is 3. The van der Waals surface area contributed by atoms with Gasteiger partial charge in [-0.1, -0.05) is 64.5 Å². The van der Waals surface area contributed by atoms with E-state index in [9.17, 15) is 14.7 Å². The van der Waals surface area contributed by atoms with E-state index in [1.54, 1.807) is 26.7 Å². The number of rotatable bonds is 10. The minimum Gasteiger partial charge on any atom is -0.482 e. The molecule has 2 aliphatic rings. The van der Waals surface area contributed by atoms with Crippen LogP contribution >= 0.6 is 15.9 Å². The van der Waals surface area contributed by atoms with E-state index < -0.39 is 17.4 Å². The second-order valence-electron chi connectivity index (χ2n) is 10.9. The predicted octanol–water partition coefficient (Wildman–Crippen LogP) is 4.65. The van der Waals surface area contributed by atoms with Crippen molar-refractivity contribution >= 4 is 44.8 Å². The Kier molecular flexibility index (Phi) is 8.35. The van der Waals surface area contributed by atoms with Crippen LogP contribution in [0.2, 0.25) is 0 Å². The number of ether oxygens (including phenoxy) is 1. The Bertz CT molecular complexity index is 1720. The molecule has 2 atom stereocenters. The molecule has 10 nitrogen and oxygen atoms in total. The second kappa shape index (κ2) is 12.4. The van der Waals surface area contributed by atoms with Crippen LogP contribution in [0.15, 0.2) is 89.6 Å². The number of aliphatic hydroxyl groups excluding tert-OH is 1. The van der Waals surface area contributed by atoms with Crippen molar-refractivity contribution < 1.29 is 24.5 Å². The van der Waals surface area contributed by atoms with Crippen LogP contribution in [0.3, 0.4) is 0 Å². The fourth-order valence-electron chi connectivity index (χ4n) is 5.72. The zero-order valence-electron chi connectivity index (χ0n) is 24.1. The number of amides is 2. The molecule has 0 saturated carbocycles. The van der Waals surface area contributed by atoms with Gasteiger partial charge in [-0.05, 0) is 54.4 Å². The average molecular weight is 659 g/mol. The lowest BCUT2D eigenvalue weighted by molar-refractivity contribution is -0.139. The Labute approximate surface area is 263 Å². The van der Waals surface area contributed by atoms with Gasteiger partial charge in [0.05, 0.1) is 23.6 Å². The van der Waals surface area contributed by atoms with Gasteiger partial charge >= 0.3 is 0 Å². The molecule has 0 bridgehead atoms. The van der Waals surface area contributed by atoms with Gasteiger partial charge in [-0.3, -0.25) is 19.2 Å². The van der Waals surface area contributed by atoms with Crippen LogP contribution in [0.25, 0.3) is 0 Å². The highest BCUT2D eigenvalue weighted by Crippen LogP contribution is 2.47. The fourth-order valence-corrected chi connectivity index (χ4v) is 6.08. The Morgan fingerprint density at radius 2 is 1.89 bits per heavy atom. The molecule has 0 spiro atoms. The summed E-state index contributed by atoms with van der Waals surface area (Å²) < 4.78 is 8.05. The summed E-state index contributed by atoms with van der Waals surface area (Å²) in [5, 5.41) is 29.2. The molecule has 2 N–H and O–H groups in total. The highest BCUT2D eigenvalue weighted by Gasteiger charge is 2.52. The number of benzene rings is 3. The Balaban J connectivity index is 1.19. The zero-order chi connectivity index (χ0) is 30.8. The summed E-state index contributed by atoms with van der Waals surface area (Å²) in [7, 11) is 0. The molecule has 0 unspecified atom stereocenters. The van der Waals surface area contributed by atoms with Gasteiger partial charge in [-0.2, -0.15) is 0 Å². The Morgan fingerprint density at radius 3 is 2.68 bits per heavy atom. The molecular formula is C33H32BrN5O5. The van der Waals surface area contributed by atoms with E-state index in [1.807, 2.05) is 79.7 Å². The first-order valence-corrected chi connectivity index (χ1v) is 15.2. The van der Waals surface area contributed by atoms with Crippen molar-refractivity contribution in [1.29, 1.82) is 0 Å². The minimum atomic E-state index is -1.75. The molecule has 0 saturated heterocycles. The highest BCUT2D eigenvalue weighted by molar-refractivity contribution is 9.10. The number of aromatic nitrogens is 3. The fraction of sp³-hybridized carbons (Fsp3) is 0.273. The van der Waals surface area contributed by atoms with Crippen molar-refractivity contribution in [1.82, 2.24) is 15.0 Å². The third kappa shape index (κ3) is 5.54. The lowest BCUT2D eigenvalue weighted by atomic mass is 9.83. The lowest BCUT2D eigenvalue weighted by Gasteiger charge is -2.29. The van der Waals surface area contributed by atoms with Gasteiger partial charge in [0, 0.05) is 47.4 Å².